The molecule has 1 aromatic heterocycles. The zero-order chi connectivity index (χ0) is 20.7. The van der Waals surface area contributed by atoms with Gasteiger partial charge in [-0.25, -0.2) is 0 Å². The molecule has 4 heteroatoms. The second kappa shape index (κ2) is 7.29. The van der Waals surface area contributed by atoms with E-state index < -0.39 is 0 Å². The second-order valence-electron chi connectivity index (χ2n) is 7.10. The molecule has 5 rings (SSSR count). The van der Waals surface area contributed by atoms with E-state index >= 15 is 0 Å². The minimum Gasteiger partial charge on any atom is -0.289 e. The highest BCUT2D eigenvalue weighted by Gasteiger charge is 2.21. The fraction of sp³-hybridized carbons (Fsp3) is 0. The van der Waals surface area contributed by atoms with Gasteiger partial charge in [-0.15, -0.1) is 0 Å². The minimum absolute atomic E-state index is 0.140. The molecule has 3 nitrogen and oxygen atoms in total. The predicted octanol–water partition coefficient (Wildman–Crippen LogP) is 6.37. The number of hydrogen-bond donors (Lipinski definition) is 0. The Morgan fingerprint density at radius 1 is 0.700 bits per heavy atom. The summed E-state index contributed by atoms with van der Waals surface area (Å²) in [5.41, 5.74) is 2.25. The van der Waals surface area contributed by atoms with Crippen molar-refractivity contribution in [2.24, 2.45) is 0 Å². The number of benzene rings is 4. The Kier molecular flexibility index (Phi) is 4.46. The molecule has 0 spiro atoms. The SMILES string of the molecule is O=C(c1cccc2ccccc12)c1cn(C(=O)c2ccccc2)c2ccc(Cl)cc12. The summed E-state index contributed by atoms with van der Waals surface area (Å²) in [7, 11) is 0. The van der Waals surface area contributed by atoms with Crippen molar-refractivity contribution < 1.29 is 9.59 Å². The summed E-state index contributed by atoms with van der Waals surface area (Å²) < 4.78 is 1.53. The third kappa shape index (κ3) is 3.00. The van der Waals surface area contributed by atoms with Gasteiger partial charge in [0.05, 0.1) is 5.52 Å². The lowest BCUT2D eigenvalue weighted by atomic mass is 9.97. The van der Waals surface area contributed by atoms with E-state index in [4.69, 9.17) is 11.6 Å². The normalized spacial score (nSPS) is 11.1. The van der Waals surface area contributed by atoms with Crippen molar-refractivity contribution >= 4 is 45.0 Å². The molecule has 4 aromatic carbocycles. The first kappa shape index (κ1) is 18.3. The lowest BCUT2D eigenvalue weighted by Crippen LogP contribution is -2.10. The van der Waals surface area contributed by atoms with Crippen LogP contribution in [0.4, 0.5) is 0 Å². The summed E-state index contributed by atoms with van der Waals surface area (Å²) in [4.78, 5) is 26.7. The van der Waals surface area contributed by atoms with Crippen LogP contribution < -0.4 is 0 Å². The number of hydrogen-bond acceptors (Lipinski definition) is 2. The monoisotopic (exact) mass is 409 g/mol. The van der Waals surface area contributed by atoms with Crippen LogP contribution in [-0.4, -0.2) is 16.3 Å². The van der Waals surface area contributed by atoms with Gasteiger partial charge < -0.3 is 0 Å². The summed E-state index contributed by atoms with van der Waals surface area (Å²) in [6.45, 7) is 0. The highest BCUT2D eigenvalue weighted by Crippen LogP contribution is 2.29. The van der Waals surface area contributed by atoms with Crippen LogP contribution in [0.1, 0.15) is 26.3 Å². The first-order valence-corrected chi connectivity index (χ1v) is 9.94. The molecule has 0 amide bonds. The molecule has 0 atom stereocenters. The van der Waals surface area contributed by atoms with Crippen molar-refractivity contribution in [1.82, 2.24) is 4.57 Å². The van der Waals surface area contributed by atoms with Gasteiger partial charge in [0.25, 0.3) is 5.91 Å². The van der Waals surface area contributed by atoms with Gasteiger partial charge in [-0.05, 0) is 41.1 Å². The summed E-state index contributed by atoms with van der Waals surface area (Å²) in [6, 6.07) is 27.7. The Labute approximate surface area is 178 Å². The van der Waals surface area contributed by atoms with E-state index in [0.29, 0.717) is 32.6 Å². The van der Waals surface area contributed by atoms with E-state index in [1.165, 1.54) is 4.57 Å². The summed E-state index contributed by atoms with van der Waals surface area (Å²) in [5.74, 6) is -0.335. The maximum atomic E-state index is 13.6. The van der Waals surface area contributed by atoms with Crippen LogP contribution in [0.2, 0.25) is 5.02 Å². The third-order valence-electron chi connectivity index (χ3n) is 5.28. The van der Waals surface area contributed by atoms with Gasteiger partial charge in [-0.3, -0.25) is 14.2 Å². The Hall–Kier alpha value is -3.69. The van der Waals surface area contributed by atoms with Crippen LogP contribution in [-0.2, 0) is 0 Å². The van der Waals surface area contributed by atoms with Crippen LogP contribution >= 0.6 is 11.6 Å². The van der Waals surface area contributed by atoms with Crippen molar-refractivity contribution in [3.63, 3.8) is 0 Å². The molecule has 0 radical (unpaired) electrons. The maximum Gasteiger partial charge on any atom is 0.262 e. The fourth-order valence-corrected chi connectivity index (χ4v) is 4.01. The molecule has 0 bridgehead atoms. The molecule has 0 saturated carbocycles. The van der Waals surface area contributed by atoms with E-state index in [1.54, 1.807) is 36.5 Å². The smallest absolute Gasteiger partial charge is 0.262 e. The molecule has 0 saturated heterocycles. The van der Waals surface area contributed by atoms with Gasteiger partial charge in [-0.2, -0.15) is 0 Å². The number of aromatic nitrogens is 1. The number of nitrogens with zero attached hydrogens (tertiary/aromatic N) is 1. The van der Waals surface area contributed by atoms with Crippen molar-refractivity contribution in [1.29, 1.82) is 0 Å². The Morgan fingerprint density at radius 3 is 2.27 bits per heavy atom. The van der Waals surface area contributed by atoms with Gasteiger partial charge in [0.15, 0.2) is 5.78 Å². The molecule has 144 valence electrons. The Balaban J connectivity index is 1.72. The number of carbonyl (C=O) groups is 2. The third-order valence-corrected chi connectivity index (χ3v) is 5.52. The number of halogens is 1. The number of ketones is 1. The van der Waals surface area contributed by atoms with Gasteiger partial charge in [-0.1, -0.05) is 72.3 Å². The predicted molar refractivity (Wildman–Crippen MR) is 120 cm³/mol. The minimum atomic E-state index is -0.195. The Morgan fingerprint density at radius 2 is 1.43 bits per heavy atom. The summed E-state index contributed by atoms with van der Waals surface area (Å²) >= 11 is 6.24. The number of fused-ring (bicyclic) bond motifs is 2. The molecule has 0 aliphatic rings. The van der Waals surface area contributed by atoms with Crippen LogP contribution in [0.15, 0.2) is 97.2 Å². The highest BCUT2D eigenvalue weighted by atomic mass is 35.5. The van der Waals surface area contributed by atoms with Gasteiger partial charge >= 0.3 is 0 Å². The fourth-order valence-electron chi connectivity index (χ4n) is 3.84. The lowest BCUT2D eigenvalue weighted by molar-refractivity contribution is 0.0965. The van der Waals surface area contributed by atoms with Crippen molar-refractivity contribution in [2.45, 2.75) is 0 Å². The zero-order valence-electron chi connectivity index (χ0n) is 15.9. The molecule has 5 aromatic rings. The standard InChI is InChI=1S/C26H16ClNO2/c27-19-13-14-24-22(15-19)23(16-28(24)26(30)18-8-2-1-3-9-18)25(29)21-12-6-10-17-7-4-5-11-20(17)21/h1-16H. The first-order valence-electron chi connectivity index (χ1n) is 9.56. The van der Waals surface area contributed by atoms with Crippen LogP contribution in [0.5, 0.6) is 0 Å². The second-order valence-corrected chi connectivity index (χ2v) is 7.54. The molecular weight excluding hydrogens is 394 g/mol. The van der Waals surface area contributed by atoms with E-state index in [1.807, 2.05) is 60.7 Å². The number of rotatable bonds is 3. The van der Waals surface area contributed by atoms with Gasteiger partial charge in [0, 0.05) is 33.3 Å². The topological polar surface area (TPSA) is 39.1 Å². The van der Waals surface area contributed by atoms with Gasteiger partial charge in [0.2, 0.25) is 0 Å². The molecule has 30 heavy (non-hydrogen) atoms. The quantitative estimate of drug-likeness (QED) is 0.325. The molecule has 0 N–H and O–H groups in total. The number of carbonyl (C=O) groups excluding carboxylic acids is 2. The van der Waals surface area contributed by atoms with Gasteiger partial charge in [0.1, 0.15) is 0 Å². The molecule has 0 fully saturated rings. The molecule has 0 unspecified atom stereocenters. The highest BCUT2D eigenvalue weighted by molar-refractivity contribution is 6.32. The summed E-state index contributed by atoms with van der Waals surface area (Å²) in [6.07, 6.45) is 1.63. The van der Waals surface area contributed by atoms with Crippen LogP contribution in [0.3, 0.4) is 0 Å². The average Bonchev–Trinajstić information content (AvgIpc) is 3.17. The van der Waals surface area contributed by atoms with E-state index in [-0.39, 0.29) is 11.7 Å². The van der Waals surface area contributed by atoms with Crippen molar-refractivity contribution in [2.75, 3.05) is 0 Å². The molecular formula is C26H16ClNO2. The Bertz CT molecular complexity index is 1430. The molecule has 0 aliphatic heterocycles. The summed E-state index contributed by atoms with van der Waals surface area (Å²) in [5, 5.41) is 3.04. The molecule has 0 aliphatic carbocycles. The van der Waals surface area contributed by atoms with E-state index in [2.05, 4.69) is 0 Å². The van der Waals surface area contributed by atoms with E-state index in [0.717, 1.165) is 10.8 Å². The lowest BCUT2D eigenvalue weighted by Gasteiger charge is -2.05. The van der Waals surface area contributed by atoms with Crippen LogP contribution in [0, 0.1) is 0 Å². The largest absolute Gasteiger partial charge is 0.289 e. The average molecular weight is 410 g/mol. The first-order chi connectivity index (χ1) is 14.6. The maximum absolute atomic E-state index is 13.6. The van der Waals surface area contributed by atoms with E-state index in [9.17, 15) is 9.59 Å². The zero-order valence-corrected chi connectivity index (χ0v) is 16.6. The van der Waals surface area contributed by atoms with Crippen molar-refractivity contribution in [3.8, 4) is 0 Å². The van der Waals surface area contributed by atoms with Crippen LogP contribution in [0.25, 0.3) is 21.7 Å². The molecule has 1 heterocycles. The van der Waals surface area contributed by atoms with Crippen molar-refractivity contribution in [3.05, 3.63) is 119 Å².